The van der Waals surface area contributed by atoms with Gasteiger partial charge in [0.05, 0.1) is 23.9 Å². The van der Waals surface area contributed by atoms with Crippen LogP contribution in [0.5, 0.6) is 11.5 Å². The summed E-state index contributed by atoms with van der Waals surface area (Å²) in [6.45, 7) is 3.79. The summed E-state index contributed by atoms with van der Waals surface area (Å²) in [6.07, 6.45) is 0.796. The molecule has 10 heteroatoms. The molecule has 2 aromatic rings. The van der Waals surface area contributed by atoms with Gasteiger partial charge in [-0.05, 0) is 38.1 Å². The van der Waals surface area contributed by atoms with E-state index in [1.54, 1.807) is 6.07 Å². The first-order valence-corrected chi connectivity index (χ1v) is 11.5. The normalized spacial score (nSPS) is 15.6. The van der Waals surface area contributed by atoms with Crippen LogP contribution in [-0.4, -0.2) is 44.9 Å². The molecule has 0 saturated carbocycles. The van der Waals surface area contributed by atoms with Crippen molar-refractivity contribution in [3.05, 3.63) is 45.9 Å². The minimum absolute atomic E-state index is 0.0233. The molecule has 0 aromatic heterocycles. The smallest absolute Gasteiger partial charge is 0.244 e. The van der Waals surface area contributed by atoms with Crippen molar-refractivity contribution in [3.8, 4) is 11.5 Å². The van der Waals surface area contributed by atoms with Crippen molar-refractivity contribution >= 4 is 44.8 Å². The fourth-order valence-electron chi connectivity index (χ4n) is 3.13. The Morgan fingerprint density at radius 2 is 2.03 bits per heavy atom. The summed E-state index contributed by atoms with van der Waals surface area (Å²) in [5.41, 5.74) is 1.42. The monoisotopic (exact) mass is 472 g/mol. The quantitative estimate of drug-likeness (QED) is 0.658. The SMILES string of the molecule is CCOc1cc2c(cc1NC(=O)CN(C)S(=O)(=O)c1cc(Cl)ccc1Cl)O[C@H](C)C2. The minimum Gasteiger partial charge on any atom is -0.492 e. The second-order valence-electron chi connectivity index (χ2n) is 6.91. The van der Waals surface area contributed by atoms with Gasteiger partial charge in [-0.15, -0.1) is 0 Å². The number of anilines is 1. The van der Waals surface area contributed by atoms with Gasteiger partial charge in [0.25, 0.3) is 0 Å². The molecule has 0 spiro atoms. The van der Waals surface area contributed by atoms with Crippen LogP contribution in [0.1, 0.15) is 19.4 Å². The minimum atomic E-state index is -4.02. The molecule has 1 aliphatic heterocycles. The van der Waals surface area contributed by atoms with Crippen LogP contribution in [0.2, 0.25) is 10.0 Å². The number of nitrogens with zero attached hydrogens (tertiary/aromatic N) is 1. The Balaban J connectivity index is 1.78. The molecule has 0 aliphatic carbocycles. The Morgan fingerprint density at radius 3 is 2.73 bits per heavy atom. The van der Waals surface area contributed by atoms with Crippen LogP contribution in [0.3, 0.4) is 0 Å². The van der Waals surface area contributed by atoms with Gasteiger partial charge in [0.2, 0.25) is 15.9 Å². The molecule has 1 heterocycles. The average molecular weight is 473 g/mol. The average Bonchev–Trinajstić information content (AvgIpc) is 3.02. The number of carbonyl (C=O) groups excluding carboxylic acids is 1. The predicted octanol–water partition coefficient (Wildman–Crippen LogP) is 3.97. The van der Waals surface area contributed by atoms with E-state index in [9.17, 15) is 13.2 Å². The van der Waals surface area contributed by atoms with E-state index < -0.39 is 22.5 Å². The summed E-state index contributed by atoms with van der Waals surface area (Å²) >= 11 is 11.9. The Labute approximate surface area is 185 Å². The van der Waals surface area contributed by atoms with Crippen LogP contribution in [-0.2, 0) is 21.2 Å². The number of rotatable bonds is 7. The van der Waals surface area contributed by atoms with Gasteiger partial charge in [0.15, 0.2) is 0 Å². The zero-order valence-electron chi connectivity index (χ0n) is 16.7. The van der Waals surface area contributed by atoms with Crippen molar-refractivity contribution in [2.24, 2.45) is 0 Å². The molecule has 0 unspecified atom stereocenters. The lowest BCUT2D eigenvalue weighted by Gasteiger charge is -2.19. The highest BCUT2D eigenvalue weighted by Gasteiger charge is 2.27. The lowest BCUT2D eigenvalue weighted by molar-refractivity contribution is -0.116. The number of halogens is 2. The first kappa shape index (κ1) is 22.7. The number of carbonyl (C=O) groups is 1. The van der Waals surface area contributed by atoms with Crippen molar-refractivity contribution in [3.63, 3.8) is 0 Å². The van der Waals surface area contributed by atoms with Gasteiger partial charge in [0, 0.05) is 30.1 Å². The van der Waals surface area contributed by atoms with E-state index in [0.717, 1.165) is 16.3 Å². The maximum Gasteiger partial charge on any atom is 0.244 e. The summed E-state index contributed by atoms with van der Waals surface area (Å²) in [7, 11) is -2.72. The first-order valence-electron chi connectivity index (χ1n) is 9.29. The van der Waals surface area contributed by atoms with Crippen LogP contribution in [0.25, 0.3) is 0 Å². The number of benzene rings is 2. The largest absolute Gasteiger partial charge is 0.492 e. The fourth-order valence-corrected chi connectivity index (χ4v) is 4.99. The lowest BCUT2D eigenvalue weighted by Crippen LogP contribution is -2.35. The molecule has 1 N–H and O–H groups in total. The number of likely N-dealkylation sites (N-methyl/N-ethyl adjacent to an activating group) is 1. The summed E-state index contributed by atoms with van der Waals surface area (Å²) < 4.78 is 37.9. The second kappa shape index (κ2) is 9.01. The highest BCUT2D eigenvalue weighted by molar-refractivity contribution is 7.89. The number of amides is 1. The fraction of sp³-hybridized carbons (Fsp3) is 0.350. The molecule has 0 bridgehead atoms. The maximum atomic E-state index is 12.8. The predicted molar refractivity (Wildman–Crippen MR) is 116 cm³/mol. The van der Waals surface area contributed by atoms with Crippen molar-refractivity contribution < 1.29 is 22.7 Å². The van der Waals surface area contributed by atoms with E-state index in [-0.39, 0.29) is 21.0 Å². The summed E-state index contributed by atoms with van der Waals surface area (Å²) in [4.78, 5) is 12.4. The Bertz CT molecular complexity index is 1080. The van der Waals surface area contributed by atoms with E-state index in [1.807, 2.05) is 19.9 Å². The number of hydrogen-bond acceptors (Lipinski definition) is 5. The number of nitrogens with one attached hydrogen (secondary N) is 1. The molecule has 1 aliphatic rings. The van der Waals surface area contributed by atoms with Crippen molar-refractivity contribution in [2.75, 3.05) is 25.5 Å². The maximum absolute atomic E-state index is 12.8. The molecule has 0 radical (unpaired) electrons. The molecule has 162 valence electrons. The third kappa shape index (κ3) is 4.83. The van der Waals surface area contributed by atoms with Gasteiger partial charge in [-0.1, -0.05) is 23.2 Å². The highest BCUT2D eigenvalue weighted by atomic mass is 35.5. The zero-order chi connectivity index (χ0) is 22.1. The first-order chi connectivity index (χ1) is 14.1. The van der Waals surface area contributed by atoms with Crippen LogP contribution in [0.4, 0.5) is 5.69 Å². The number of ether oxygens (including phenoxy) is 2. The summed E-state index contributed by atoms with van der Waals surface area (Å²) in [5.74, 6) is 0.643. The summed E-state index contributed by atoms with van der Waals surface area (Å²) in [5, 5.41) is 2.96. The second-order valence-corrected chi connectivity index (χ2v) is 9.76. The number of fused-ring (bicyclic) bond motifs is 1. The van der Waals surface area contributed by atoms with Gasteiger partial charge < -0.3 is 14.8 Å². The molecule has 2 aromatic carbocycles. The third-order valence-electron chi connectivity index (χ3n) is 4.52. The van der Waals surface area contributed by atoms with Gasteiger partial charge in [0.1, 0.15) is 22.5 Å². The highest BCUT2D eigenvalue weighted by Crippen LogP contribution is 2.38. The van der Waals surface area contributed by atoms with Crippen LogP contribution >= 0.6 is 23.2 Å². The van der Waals surface area contributed by atoms with Gasteiger partial charge in [-0.3, -0.25) is 4.79 Å². The van der Waals surface area contributed by atoms with E-state index in [0.29, 0.717) is 23.8 Å². The molecule has 1 atom stereocenters. The molecular weight excluding hydrogens is 451 g/mol. The molecular formula is C20H22Cl2N2O5S. The Hall–Kier alpha value is -2.00. The number of sulfonamides is 1. The van der Waals surface area contributed by atoms with Crippen molar-refractivity contribution in [2.45, 2.75) is 31.3 Å². The molecule has 1 amide bonds. The van der Waals surface area contributed by atoms with Crippen LogP contribution < -0.4 is 14.8 Å². The molecule has 7 nitrogen and oxygen atoms in total. The van der Waals surface area contributed by atoms with Crippen LogP contribution in [0, 0.1) is 0 Å². The van der Waals surface area contributed by atoms with Crippen molar-refractivity contribution in [1.29, 1.82) is 0 Å². The molecule has 3 rings (SSSR count). The zero-order valence-corrected chi connectivity index (χ0v) is 19.1. The van der Waals surface area contributed by atoms with Crippen LogP contribution in [0.15, 0.2) is 35.2 Å². The van der Waals surface area contributed by atoms with Gasteiger partial charge >= 0.3 is 0 Å². The van der Waals surface area contributed by atoms with E-state index in [1.165, 1.54) is 25.2 Å². The molecule has 0 fully saturated rings. The van der Waals surface area contributed by atoms with Crippen molar-refractivity contribution in [1.82, 2.24) is 4.31 Å². The summed E-state index contributed by atoms with van der Waals surface area (Å²) in [6, 6.07) is 7.67. The van der Waals surface area contributed by atoms with E-state index >= 15 is 0 Å². The standard InChI is InChI=1S/C20H22Cl2N2O5S/c1-4-28-18-8-13-7-12(2)29-17(13)10-16(18)23-20(25)11-24(3)30(26,27)19-9-14(21)5-6-15(19)22/h5-6,8-10,12H,4,7,11H2,1-3H3,(H,23,25)/t12-/m1/s1. The third-order valence-corrected chi connectivity index (χ3v) is 7.04. The van der Waals surface area contributed by atoms with Gasteiger partial charge in [-0.2, -0.15) is 4.31 Å². The molecule has 30 heavy (non-hydrogen) atoms. The van der Waals surface area contributed by atoms with E-state index in [4.69, 9.17) is 32.7 Å². The van der Waals surface area contributed by atoms with E-state index in [2.05, 4.69) is 5.32 Å². The Kier molecular flexibility index (Phi) is 6.81. The topological polar surface area (TPSA) is 84.9 Å². The Morgan fingerprint density at radius 1 is 1.30 bits per heavy atom. The molecule has 0 saturated heterocycles. The van der Waals surface area contributed by atoms with Gasteiger partial charge in [-0.25, -0.2) is 8.42 Å². The number of hydrogen-bond donors (Lipinski definition) is 1. The lowest BCUT2D eigenvalue weighted by atomic mass is 10.1.